The molecule has 7 nitrogen and oxygen atoms in total. The van der Waals surface area contributed by atoms with E-state index in [1.165, 1.54) is 18.5 Å². The molecule has 7 heteroatoms. The van der Waals surface area contributed by atoms with Crippen LogP contribution in [0.25, 0.3) is 0 Å². The van der Waals surface area contributed by atoms with Crippen molar-refractivity contribution in [1.29, 1.82) is 0 Å². The fourth-order valence-corrected chi connectivity index (χ4v) is 3.39. The Morgan fingerprint density at radius 3 is 2.84 bits per heavy atom. The van der Waals surface area contributed by atoms with Gasteiger partial charge in [0, 0.05) is 45.0 Å². The van der Waals surface area contributed by atoms with Crippen LogP contribution in [0.2, 0.25) is 0 Å². The van der Waals surface area contributed by atoms with Gasteiger partial charge in [-0.15, -0.1) is 0 Å². The molecular weight excluding hydrogens is 316 g/mol. The lowest BCUT2D eigenvalue weighted by Gasteiger charge is -2.37. The van der Waals surface area contributed by atoms with Crippen LogP contribution in [-0.2, 0) is 13.6 Å². The van der Waals surface area contributed by atoms with Crippen molar-refractivity contribution in [3.8, 4) is 0 Å². The Kier molecular flexibility index (Phi) is 5.53. The second kappa shape index (κ2) is 7.82. The molecule has 0 bridgehead atoms. The predicted octanol–water partition coefficient (Wildman–Crippen LogP) is 1.71. The Morgan fingerprint density at radius 2 is 2.12 bits per heavy atom. The third-order valence-corrected chi connectivity index (χ3v) is 4.83. The summed E-state index contributed by atoms with van der Waals surface area (Å²) in [5, 5.41) is 12.4. The van der Waals surface area contributed by atoms with Gasteiger partial charge in [0.25, 0.3) is 5.56 Å². The lowest BCUT2D eigenvalue weighted by atomic mass is 10.0. The first-order valence-corrected chi connectivity index (χ1v) is 9.10. The molecule has 1 atom stereocenters. The van der Waals surface area contributed by atoms with Crippen molar-refractivity contribution < 1.29 is 0 Å². The summed E-state index contributed by atoms with van der Waals surface area (Å²) in [4.78, 5) is 14.3. The van der Waals surface area contributed by atoms with Gasteiger partial charge in [-0.05, 0) is 45.2 Å². The Bertz CT molecular complexity index is 750. The lowest BCUT2D eigenvalue weighted by Crippen LogP contribution is -2.46. The van der Waals surface area contributed by atoms with Crippen molar-refractivity contribution in [1.82, 2.24) is 24.9 Å². The minimum Gasteiger partial charge on any atom is -0.351 e. The minimum absolute atomic E-state index is 0.0401. The molecule has 136 valence electrons. The number of aryl methyl sites for hydroxylation is 1. The van der Waals surface area contributed by atoms with Crippen LogP contribution < -0.4 is 15.8 Å². The van der Waals surface area contributed by atoms with Crippen LogP contribution in [-0.4, -0.2) is 38.7 Å². The highest BCUT2D eigenvalue weighted by Crippen LogP contribution is 2.22. The normalized spacial score (nSPS) is 18.1. The van der Waals surface area contributed by atoms with Crippen LogP contribution >= 0.6 is 0 Å². The standard InChI is InChI=1S/C18H28N6O/c1-14(2)24-18(25)8-7-17(21-24)23-11-5-4-6-16(23)13-19-12-15-9-10-20-22(15)3/h7-10,14,16,19H,4-6,11-13H2,1-3H3. The van der Waals surface area contributed by atoms with Crippen molar-refractivity contribution in [3.63, 3.8) is 0 Å². The van der Waals surface area contributed by atoms with E-state index in [1.807, 2.05) is 43.9 Å². The predicted molar refractivity (Wildman–Crippen MR) is 98.8 cm³/mol. The zero-order valence-corrected chi connectivity index (χ0v) is 15.4. The summed E-state index contributed by atoms with van der Waals surface area (Å²) in [5.74, 6) is 0.903. The number of piperidine rings is 1. The fraction of sp³-hybridized carbons (Fsp3) is 0.611. The zero-order valence-electron chi connectivity index (χ0n) is 15.4. The highest BCUT2D eigenvalue weighted by atomic mass is 16.1. The first kappa shape index (κ1) is 17.7. The van der Waals surface area contributed by atoms with Gasteiger partial charge in [0.15, 0.2) is 0 Å². The second-order valence-electron chi connectivity index (χ2n) is 6.99. The molecule has 0 amide bonds. The Balaban J connectivity index is 1.69. The molecule has 3 rings (SSSR count). The maximum atomic E-state index is 12.0. The molecule has 0 radical (unpaired) electrons. The number of hydrogen-bond donors (Lipinski definition) is 1. The van der Waals surface area contributed by atoms with Crippen LogP contribution in [0.15, 0.2) is 29.2 Å². The molecule has 1 aliphatic rings. The van der Waals surface area contributed by atoms with E-state index in [4.69, 9.17) is 0 Å². The van der Waals surface area contributed by atoms with Gasteiger partial charge in [0.05, 0.1) is 11.7 Å². The van der Waals surface area contributed by atoms with E-state index < -0.39 is 0 Å². The van der Waals surface area contributed by atoms with Gasteiger partial charge in [-0.3, -0.25) is 9.48 Å². The summed E-state index contributed by atoms with van der Waals surface area (Å²) in [7, 11) is 1.96. The van der Waals surface area contributed by atoms with E-state index in [0.717, 1.165) is 31.9 Å². The van der Waals surface area contributed by atoms with Crippen molar-refractivity contribution in [2.24, 2.45) is 7.05 Å². The first-order valence-electron chi connectivity index (χ1n) is 9.10. The van der Waals surface area contributed by atoms with Gasteiger partial charge in [0.1, 0.15) is 5.82 Å². The number of nitrogens with zero attached hydrogens (tertiary/aromatic N) is 5. The minimum atomic E-state index is -0.0401. The van der Waals surface area contributed by atoms with Gasteiger partial charge in [0.2, 0.25) is 0 Å². The monoisotopic (exact) mass is 344 g/mol. The maximum absolute atomic E-state index is 12.0. The average molecular weight is 344 g/mol. The Hall–Kier alpha value is -2.15. The molecule has 0 saturated carbocycles. The molecule has 1 saturated heterocycles. The number of hydrogen-bond acceptors (Lipinski definition) is 5. The van der Waals surface area contributed by atoms with Crippen LogP contribution in [0.3, 0.4) is 0 Å². The van der Waals surface area contributed by atoms with E-state index in [0.29, 0.717) is 6.04 Å². The van der Waals surface area contributed by atoms with Crippen molar-refractivity contribution in [2.75, 3.05) is 18.0 Å². The smallest absolute Gasteiger partial charge is 0.267 e. The van der Waals surface area contributed by atoms with Crippen molar-refractivity contribution in [2.45, 2.75) is 51.7 Å². The molecular formula is C18H28N6O. The number of nitrogens with one attached hydrogen (secondary N) is 1. The molecule has 1 N–H and O–H groups in total. The summed E-state index contributed by atoms with van der Waals surface area (Å²) >= 11 is 0. The van der Waals surface area contributed by atoms with Crippen LogP contribution in [0.1, 0.15) is 44.8 Å². The first-order chi connectivity index (χ1) is 12.1. The molecule has 2 aromatic rings. The number of rotatable bonds is 6. The van der Waals surface area contributed by atoms with Gasteiger partial charge < -0.3 is 10.2 Å². The van der Waals surface area contributed by atoms with Gasteiger partial charge in [-0.2, -0.15) is 10.2 Å². The van der Waals surface area contributed by atoms with Crippen molar-refractivity contribution >= 4 is 5.82 Å². The summed E-state index contributed by atoms with van der Waals surface area (Å²) in [6.07, 6.45) is 5.36. The van der Waals surface area contributed by atoms with Crippen LogP contribution in [0.4, 0.5) is 5.82 Å². The molecule has 1 aliphatic heterocycles. The number of aromatic nitrogens is 4. The molecule has 1 unspecified atom stereocenters. The highest BCUT2D eigenvalue weighted by Gasteiger charge is 2.24. The molecule has 2 aromatic heterocycles. The molecule has 3 heterocycles. The van der Waals surface area contributed by atoms with Crippen LogP contribution in [0.5, 0.6) is 0 Å². The third-order valence-electron chi connectivity index (χ3n) is 4.83. The van der Waals surface area contributed by atoms with E-state index in [2.05, 4.69) is 20.4 Å². The highest BCUT2D eigenvalue weighted by molar-refractivity contribution is 5.39. The summed E-state index contributed by atoms with van der Waals surface area (Å²) < 4.78 is 3.47. The van der Waals surface area contributed by atoms with E-state index in [1.54, 1.807) is 10.7 Å². The van der Waals surface area contributed by atoms with Gasteiger partial charge in [-0.25, -0.2) is 4.68 Å². The Morgan fingerprint density at radius 1 is 1.28 bits per heavy atom. The molecule has 0 spiro atoms. The fourth-order valence-electron chi connectivity index (χ4n) is 3.39. The maximum Gasteiger partial charge on any atom is 0.267 e. The van der Waals surface area contributed by atoms with E-state index in [9.17, 15) is 4.79 Å². The van der Waals surface area contributed by atoms with E-state index in [-0.39, 0.29) is 11.6 Å². The largest absolute Gasteiger partial charge is 0.351 e. The summed E-state index contributed by atoms with van der Waals surface area (Å²) in [5.41, 5.74) is 1.13. The summed E-state index contributed by atoms with van der Waals surface area (Å²) in [6, 6.07) is 6.00. The molecule has 1 fully saturated rings. The van der Waals surface area contributed by atoms with Gasteiger partial charge in [-0.1, -0.05) is 0 Å². The van der Waals surface area contributed by atoms with Gasteiger partial charge >= 0.3 is 0 Å². The van der Waals surface area contributed by atoms with Crippen LogP contribution in [0, 0.1) is 0 Å². The quantitative estimate of drug-likeness (QED) is 0.864. The zero-order chi connectivity index (χ0) is 17.8. The lowest BCUT2D eigenvalue weighted by molar-refractivity contribution is 0.420. The molecule has 0 aromatic carbocycles. The average Bonchev–Trinajstić information content (AvgIpc) is 3.01. The Labute approximate surface area is 148 Å². The number of anilines is 1. The van der Waals surface area contributed by atoms with E-state index >= 15 is 0 Å². The molecule has 0 aliphatic carbocycles. The third kappa shape index (κ3) is 4.10. The molecule has 25 heavy (non-hydrogen) atoms. The van der Waals surface area contributed by atoms with Crippen molar-refractivity contribution in [3.05, 3.63) is 40.4 Å². The summed E-state index contributed by atoms with van der Waals surface area (Å²) in [6.45, 7) is 6.66. The second-order valence-corrected chi connectivity index (χ2v) is 6.99. The SMILES string of the molecule is CC(C)n1nc(N2CCCCC2CNCc2ccnn2C)ccc1=O. The topological polar surface area (TPSA) is 68.0 Å².